The molecule has 3 N–H and O–H groups in total. The first-order valence-corrected chi connectivity index (χ1v) is 7.28. The molecular formula is C16H24N4O. The highest BCUT2D eigenvalue weighted by Gasteiger charge is 2.13. The Morgan fingerprint density at radius 1 is 1.29 bits per heavy atom. The van der Waals surface area contributed by atoms with Crippen LogP contribution in [-0.4, -0.2) is 22.9 Å². The summed E-state index contributed by atoms with van der Waals surface area (Å²) in [7, 11) is 1.67. The third-order valence-corrected chi connectivity index (χ3v) is 3.62. The quantitative estimate of drug-likeness (QED) is 0.603. The zero-order valence-electron chi connectivity index (χ0n) is 13.0. The summed E-state index contributed by atoms with van der Waals surface area (Å²) in [6.45, 7) is 5.00. The smallest absolute Gasteiger partial charge is 0.118 e. The number of rotatable bonds is 7. The van der Waals surface area contributed by atoms with Crippen LogP contribution in [0.2, 0.25) is 0 Å². The number of hydrazine groups is 1. The lowest BCUT2D eigenvalue weighted by Gasteiger charge is -2.16. The number of aryl methyl sites for hydroxylation is 2. The second kappa shape index (κ2) is 7.24. The van der Waals surface area contributed by atoms with E-state index in [0.717, 1.165) is 30.8 Å². The van der Waals surface area contributed by atoms with Gasteiger partial charge in [-0.25, -0.2) is 0 Å². The molecule has 0 fully saturated rings. The number of hydrogen-bond acceptors (Lipinski definition) is 4. The fourth-order valence-electron chi connectivity index (χ4n) is 2.53. The molecule has 2 rings (SSSR count). The van der Waals surface area contributed by atoms with Crippen molar-refractivity contribution < 1.29 is 4.74 Å². The number of hydrogen-bond donors (Lipinski definition) is 2. The first-order valence-electron chi connectivity index (χ1n) is 7.28. The Labute approximate surface area is 126 Å². The number of benzene rings is 1. The van der Waals surface area contributed by atoms with Gasteiger partial charge in [0, 0.05) is 24.7 Å². The van der Waals surface area contributed by atoms with Crippen molar-refractivity contribution in [2.24, 2.45) is 5.84 Å². The summed E-state index contributed by atoms with van der Waals surface area (Å²) in [5.74, 6) is 6.59. The zero-order valence-corrected chi connectivity index (χ0v) is 13.0. The van der Waals surface area contributed by atoms with Crippen LogP contribution in [-0.2, 0) is 19.4 Å². The van der Waals surface area contributed by atoms with Crippen LogP contribution in [0.5, 0.6) is 5.75 Å². The van der Waals surface area contributed by atoms with Gasteiger partial charge in [0.25, 0.3) is 0 Å². The van der Waals surface area contributed by atoms with Gasteiger partial charge >= 0.3 is 0 Å². The van der Waals surface area contributed by atoms with Gasteiger partial charge in [-0.1, -0.05) is 12.1 Å². The van der Waals surface area contributed by atoms with Gasteiger partial charge in [0.2, 0.25) is 0 Å². The topological polar surface area (TPSA) is 65.1 Å². The summed E-state index contributed by atoms with van der Waals surface area (Å²) in [5, 5.41) is 4.48. The van der Waals surface area contributed by atoms with Gasteiger partial charge in [0.15, 0.2) is 0 Å². The largest absolute Gasteiger partial charge is 0.497 e. The predicted octanol–water partition coefficient (Wildman–Crippen LogP) is 1.84. The van der Waals surface area contributed by atoms with Crippen molar-refractivity contribution in [2.75, 3.05) is 7.11 Å². The summed E-state index contributed by atoms with van der Waals surface area (Å²) in [4.78, 5) is 0. The second-order valence-corrected chi connectivity index (χ2v) is 5.21. The zero-order chi connectivity index (χ0) is 15.2. The van der Waals surface area contributed by atoms with Crippen molar-refractivity contribution in [2.45, 2.75) is 39.3 Å². The van der Waals surface area contributed by atoms with Crippen molar-refractivity contribution in [1.29, 1.82) is 0 Å². The minimum Gasteiger partial charge on any atom is -0.497 e. The normalized spacial score (nSPS) is 12.4. The molecule has 0 radical (unpaired) electrons. The lowest BCUT2D eigenvalue weighted by Crippen LogP contribution is -2.39. The molecule has 0 spiro atoms. The fraction of sp³-hybridized carbons (Fsp3) is 0.438. The summed E-state index contributed by atoms with van der Waals surface area (Å²) in [6.07, 6.45) is 1.73. The van der Waals surface area contributed by atoms with E-state index in [0.29, 0.717) is 0 Å². The van der Waals surface area contributed by atoms with Gasteiger partial charge in [0.1, 0.15) is 5.75 Å². The van der Waals surface area contributed by atoms with Crippen LogP contribution >= 0.6 is 0 Å². The number of nitrogens with zero attached hydrogens (tertiary/aromatic N) is 2. The molecule has 1 aromatic carbocycles. The molecule has 2 aromatic rings. The molecule has 5 heteroatoms. The maximum absolute atomic E-state index is 5.72. The number of methoxy groups -OCH3 is 1. The molecule has 1 unspecified atom stereocenters. The molecule has 0 amide bonds. The molecule has 0 saturated carbocycles. The summed E-state index contributed by atoms with van der Waals surface area (Å²) < 4.78 is 7.21. The van der Waals surface area contributed by atoms with E-state index in [2.05, 4.69) is 35.6 Å². The molecule has 0 saturated heterocycles. The highest BCUT2D eigenvalue weighted by atomic mass is 16.5. The monoisotopic (exact) mass is 288 g/mol. The molecule has 1 atom stereocenters. The number of nitrogens with one attached hydrogen (secondary N) is 1. The fourth-order valence-corrected chi connectivity index (χ4v) is 2.53. The molecule has 1 heterocycles. The van der Waals surface area contributed by atoms with Gasteiger partial charge in [0.05, 0.1) is 12.8 Å². The second-order valence-electron chi connectivity index (χ2n) is 5.21. The molecule has 5 nitrogen and oxygen atoms in total. The summed E-state index contributed by atoms with van der Waals surface area (Å²) in [5.41, 5.74) is 6.41. The van der Waals surface area contributed by atoms with Crippen LogP contribution in [0, 0.1) is 6.92 Å². The van der Waals surface area contributed by atoms with Crippen molar-refractivity contribution in [3.05, 3.63) is 47.3 Å². The lowest BCUT2D eigenvalue weighted by atomic mass is 10.0. The van der Waals surface area contributed by atoms with E-state index >= 15 is 0 Å². The molecular weight excluding hydrogens is 264 g/mol. The number of ether oxygens (including phenoxy) is 1. The van der Waals surface area contributed by atoms with E-state index < -0.39 is 0 Å². The van der Waals surface area contributed by atoms with E-state index in [-0.39, 0.29) is 6.04 Å². The molecule has 0 aliphatic carbocycles. The van der Waals surface area contributed by atoms with E-state index in [9.17, 15) is 0 Å². The lowest BCUT2D eigenvalue weighted by molar-refractivity contribution is 0.414. The number of nitrogens with two attached hydrogens (primary N) is 1. The first kappa shape index (κ1) is 15.5. The average Bonchev–Trinajstić information content (AvgIpc) is 2.87. The molecule has 0 bridgehead atoms. The molecule has 21 heavy (non-hydrogen) atoms. The van der Waals surface area contributed by atoms with Gasteiger partial charge < -0.3 is 4.74 Å². The summed E-state index contributed by atoms with van der Waals surface area (Å²) in [6, 6.07) is 10.4. The van der Waals surface area contributed by atoms with Gasteiger partial charge in [-0.2, -0.15) is 5.10 Å². The molecule has 0 aliphatic rings. The van der Waals surface area contributed by atoms with Crippen molar-refractivity contribution in [3.63, 3.8) is 0 Å². The Kier molecular flexibility index (Phi) is 5.36. The van der Waals surface area contributed by atoms with Crippen molar-refractivity contribution in [1.82, 2.24) is 15.2 Å². The highest BCUT2D eigenvalue weighted by molar-refractivity contribution is 5.28. The van der Waals surface area contributed by atoms with Gasteiger partial charge in [-0.15, -0.1) is 0 Å². The van der Waals surface area contributed by atoms with Crippen LogP contribution in [0.4, 0.5) is 0 Å². The third kappa shape index (κ3) is 4.06. The number of aromatic nitrogens is 2. The standard InChI is InChI=1S/C16H24N4O/c1-4-20-15(9-12(2)19-20)11-14(18-17)10-13-5-7-16(21-3)8-6-13/h5-9,14,18H,4,10-11,17H2,1-3H3. The van der Waals surface area contributed by atoms with Crippen molar-refractivity contribution >= 4 is 0 Å². The van der Waals surface area contributed by atoms with Crippen LogP contribution < -0.4 is 16.0 Å². The third-order valence-electron chi connectivity index (χ3n) is 3.62. The average molecular weight is 288 g/mol. The molecule has 1 aromatic heterocycles. The SMILES string of the molecule is CCn1nc(C)cc1CC(Cc1ccc(OC)cc1)NN. The highest BCUT2D eigenvalue weighted by Crippen LogP contribution is 2.14. The van der Waals surface area contributed by atoms with Crippen LogP contribution in [0.15, 0.2) is 30.3 Å². The Morgan fingerprint density at radius 2 is 2.00 bits per heavy atom. The van der Waals surface area contributed by atoms with Gasteiger partial charge in [-0.3, -0.25) is 16.0 Å². The van der Waals surface area contributed by atoms with Crippen LogP contribution in [0.3, 0.4) is 0 Å². The first-order chi connectivity index (χ1) is 10.2. The Hall–Kier alpha value is -1.85. The Morgan fingerprint density at radius 3 is 2.57 bits per heavy atom. The Balaban J connectivity index is 2.05. The predicted molar refractivity (Wildman–Crippen MR) is 84.2 cm³/mol. The Bertz CT molecular complexity index is 562. The van der Waals surface area contributed by atoms with Crippen LogP contribution in [0.25, 0.3) is 0 Å². The maximum Gasteiger partial charge on any atom is 0.118 e. The van der Waals surface area contributed by atoms with E-state index in [4.69, 9.17) is 10.6 Å². The summed E-state index contributed by atoms with van der Waals surface area (Å²) >= 11 is 0. The molecule has 0 aliphatic heterocycles. The van der Waals surface area contributed by atoms with E-state index in [1.807, 2.05) is 23.7 Å². The van der Waals surface area contributed by atoms with E-state index in [1.54, 1.807) is 7.11 Å². The van der Waals surface area contributed by atoms with Gasteiger partial charge in [-0.05, 0) is 44.0 Å². The maximum atomic E-state index is 5.72. The van der Waals surface area contributed by atoms with Crippen LogP contribution in [0.1, 0.15) is 23.9 Å². The minimum absolute atomic E-state index is 0.180. The minimum atomic E-state index is 0.180. The van der Waals surface area contributed by atoms with E-state index in [1.165, 1.54) is 11.3 Å². The molecule has 114 valence electrons. The van der Waals surface area contributed by atoms with Crippen molar-refractivity contribution in [3.8, 4) is 5.75 Å².